The van der Waals surface area contributed by atoms with E-state index in [1.165, 1.54) is 37.0 Å². The van der Waals surface area contributed by atoms with Crippen molar-refractivity contribution in [1.29, 1.82) is 0 Å². The maximum Gasteiger partial charge on any atom is 0.0897 e. The molecular weight excluding hydrogens is 258 g/mol. The molecule has 1 fully saturated rings. The molecule has 1 heterocycles. The van der Waals surface area contributed by atoms with Gasteiger partial charge in [-0.1, -0.05) is 25.3 Å². The third kappa shape index (κ3) is 6.04. The Balaban J connectivity index is 1.48. The van der Waals surface area contributed by atoms with Gasteiger partial charge in [0.05, 0.1) is 18.8 Å². The lowest BCUT2D eigenvalue weighted by molar-refractivity contribution is -0.0228. The Hall–Kier alpha value is -0.420. The zero-order chi connectivity index (χ0) is 13.3. The Bertz CT molecular complexity index is 323. The van der Waals surface area contributed by atoms with Crippen molar-refractivity contribution in [3.05, 3.63) is 22.4 Å². The molecule has 1 aromatic heterocycles. The normalized spacial score (nSPS) is 18.6. The number of thiophene rings is 1. The molecule has 1 aliphatic rings. The topological polar surface area (TPSA) is 41.5 Å². The zero-order valence-corrected chi connectivity index (χ0v) is 12.3. The highest BCUT2D eigenvalue weighted by Crippen LogP contribution is 2.20. The third-order valence-corrected chi connectivity index (χ3v) is 4.52. The first-order valence-corrected chi connectivity index (χ1v) is 8.25. The van der Waals surface area contributed by atoms with Gasteiger partial charge < -0.3 is 15.2 Å². The van der Waals surface area contributed by atoms with Crippen LogP contribution in [0.4, 0.5) is 0 Å². The summed E-state index contributed by atoms with van der Waals surface area (Å²) in [4.78, 5) is 1.39. The summed E-state index contributed by atoms with van der Waals surface area (Å²) in [6.07, 6.45) is 7.26. The van der Waals surface area contributed by atoms with Gasteiger partial charge >= 0.3 is 0 Å². The molecule has 0 saturated heterocycles. The molecule has 1 unspecified atom stereocenters. The molecule has 0 amide bonds. The Morgan fingerprint density at radius 1 is 1.37 bits per heavy atom. The Labute approximate surface area is 120 Å². The summed E-state index contributed by atoms with van der Waals surface area (Å²) >= 11 is 1.78. The highest BCUT2D eigenvalue weighted by molar-refractivity contribution is 7.09. The van der Waals surface area contributed by atoms with E-state index in [2.05, 4.69) is 22.8 Å². The monoisotopic (exact) mass is 283 g/mol. The van der Waals surface area contributed by atoms with Crippen LogP contribution < -0.4 is 5.32 Å². The molecular formula is C15H25NO2S. The van der Waals surface area contributed by atoms with Crippen LogP contribution in [0.5, 0.6) is 0 Å². The number of ether oxygens (including phenoxy) is 1. The molecule has 0 radical (unpaired) electrons. The minimum Gasteiger partial charge on any atom is -0.389 e. The largest absolute Gasteiger partial charge is 0.389 e. The first-order chi connectivity index (χ1) is 9.34. The summed E-state index contributed by atoms with van der Waals surface area (Å²) in [5, 5.41) is 15.2. The number of nitrogens with one attached hydrogen (secondary N) is 1. The Kier molecular flexibility index (Phi) is 6.85. The zero-order valence-electron chi connectivity index (χ0n) is 11.5. The van der Waals surface area contributed by atoms with Crippen LogP contribution in [0.2, 0.25) is 0 Å². The summed E-state index contributed by atoms with van der Waals surface area (Å²) in [6, 6.07) is 4.22. The smallest absolute Gasteiger partial charge is 0.0897 e. The lowest BCUT2D eigenvalue weighted by atomic mass is 9.98. The van der Waals surface area contributed by atoms with Crippen LogP contribution in [0.3, 0.4) is 0 Å². The maximum absolute atomic E-state index is 9.85. The van der Waals surface area contributed by atoms with E-state index in [0.29, 0.717) is 19.3 Å². The second kappa shape index (κ2) is 8.69. The lowest BCUT2D eigenvalue weighted by Crippen LogP contribution is -2.33. The predicted molar refractivity (Wildman–Crippen MR) is 79.7 cm³/mol. The average molecular weight is 283 g/mol. The molecule has 3 nitrogen and oxygen atoms in total. The first kappa shape index (κ1) is 15.0. The van der Waals surface area contributed by atoms with Gasteiger partial charge in [0, 0.05) is 18.0 Å². The van der Waals surface area contributed by atoms with Gasteiger partial charge in [0.25, 0.3) is 0 Å². The number of hydrogen-bond acceptors (Lipinski definition) is 4. The van der Waals surface area contributed by atoms with E-state index in [-0.39, 0.29) is 6.10 Å². The van der Waals surface area contributed by atoms with Gasteiger partial charge in [0.1, 0.15) is 0 Å². The van der Waals surface area contributed by atoms with Gasteiger partial charge in [-0.3, -0.25) is 0 Å². The molecule has 2 N–H and O–H groups in total. The van der Waals surface area contributed by atoms with Gasteiger partial charge in [-0.25, -0.2) is 0 Å². The van der Waals surface area contributed by atoms with Crippen LogP contribution in [0.15, 0.2) is 17.5 Å². The van der Waals surface area contributed by atoms with E-state index in [9.17, 15) is 5.11 Å². The molecule has 1 aliphatic carbocycles. The number of aliphatic hydroxyl groups excluding tert-OH is 1. The van der Waals surface area contributed by atoms with Crippen LogP contribution in [0.1, 0.15) is 37.0 Å². The molecule has 4 heteroatoms. The van der Waals surface area contributed by atoms with Crippen molar-refractivity contribution in [2.24, 2.45) is 0 Å². The third-order valence-electron chi connectivity index (χ3n) is 3.58. The van der Waals surface area contributed by atoms with Gasteiger partial charge in [-0.15, -0.1) is 11.3 Å². The van der Waals surface area contributed by atoms with Gasteiger partial charge in [0.2, 0.25) is 0 Å². The summed E-state index contributed by atoms with van der Waals surface area (Å²) in [7, 11) is 0. The highest BCUT2D eigenvalue weighted by atomic mass is 32.1. The molecule has 2 rings (SSSR count). The molecule has 1 aromatic rings. The van der Waals surface area contributed by atoms with Crippen molar-refractivity contribution in [3.63, 3.8) is 0 Å². The van der Waals surface area contributed by atoms with Crippen molar-refractivity contribution < 1.29 is 9.84 Å². The van der Waals surface area contributed by atoms with Gasteiger partial charge in [-0.2, -0.15) is 0 Å². The number of aliphatic hydroxyl groups is 1. The maximum atomic E-state index is 9.85. The fourth-order valence-electron chi connectivity index (χ4n) is 2.47. The highest BCUT2D eigenvalue weighted by Gasteiger charge is 2.15. The fourth-order valence-corrected chi connectivity index (χ4v) is 3.18. The van der Waals surface area contributed by atoms with Crippen LogP contribution in [-0.4, -0.2) is 37.0 Å². The molecule has 108 valence electrons. The Morgan fingerprint density at radius 2 is 2.21 bits per heavy atom. The van der Waals surface area contributed by atoms with E-state index in [0.717, 1.165) is 13.0 Å². The molecule has 19 heavy (non-hydrogen) atoms. The number of hydrogen-bond donors (Lipinski definition) is 2. The van der Waals surface area contributed by atoms with Crippen molar-refractivity contribution in [2.75, 3.05) is 19.7 Å². The lowest BCUT2D eigenvalue weighted by Gasteiger charge is -2.23. The second-order valence-electron chi connectivity index (χ2n) is 5.28. The van der Waals surface area contributed by atoms with Crippen LogP contribution in [0.25, 0.3) is 0 Å². The Morgan fingerprint density at radius 3 is 2.95 bits per heavy atom. The predicted octanol–water partition coefficient (Wildman–Crippen LogP) is 2.59. The van der Waals surface area contributed by atoms with Crippen LogP contribution in [0, 0.1) is 0 Å². The summed E-state index contributed by atoms with van der Waals surface area (Å²) in [5.41, 5.74) is 0. The molecule has 0 aromatic carbocycles. The van der Waals surface area contributed by atoms with E-state index in [4.69, 9.17) is 4.74 Å². The average Bonchev–Trinajstić information content (AvgIpc) is 2.96. The fraction of sp³-hybridized carbons (Fsp3) is 0.733. The SMILES string of the molecule is OC(CNCCc1cccs1)COC1CCCCC1. The summed E-state index contributed by atoms with van der Waals surface area (Å²) in [5.74, 6) is 0. The van der Waals surface area contributed by atoms with Crippen molar-refractivity contribution in [2.45, 2.75) is 50.7 Å². The van der Waals surface area contributed by atoms with Gasteiger partial charge in [0.15, 0.2) is 0 Å². The summed E-state index contributed by atoms with van der Waals surface area (Å²) < 4.78 is 5.76. The molecule has 0 spiro atoms. The van der Waals surface area contributed by atoms with E-state index < -0.39 is 0 Å². The standard InChI is InChI=1S/C15H25NO2S/c17-13(12-18-14-5-2-1-3-6-14)11-16-9-8-15-7-4-10-19-15/h4,7,10,13-14,16-17H,1-3,5-6,8-9,11-12H2. The molecule has 1 atom stereocenters. The van der Waals surface area contributed by atoms with Gasteiger partial charge in [-0.05, 0) is 30.7 Å². The van der Waals surface area contributed by atoms with E-state index in [1.54, 1.807) is 11.3 Å². The molecule has 1 saturated carbocycles. The second-order valence-corrected chi connectivity index (χ2v) is 6.31. The first-order valence-electron chi connectivity index (χ1n) is 7.37. The van der Waals surface area contributed by atoms with E-state index in [1.807, 2.05) is 0 Å². The van der Waals surface area contributed by atoms with Crippen LogP contribution in [-0.2, 0) is 11.2 Å². The number of rotatable bonds is 8. The summed E-state index contributed by atoms with van der Waals surface area (Å²) in [6.45, 7) is 2.01. The van der Waals surface area contributed by atoms with Crippen molar-refractivity contribution in [3.8, 4) is 0 Å². The minimum atomic E-state index is -0.384. The van der Waals surface area contributed by atoms with E-state index >= 15 is 0 Å². The van der Waals surface area contributed by atoms with Crippen molar-refractivity contribution in [1.82, 2.24) is 5.32 Å². The molecule has 0 bridgehead atoms. The van der Waals surface area contributed by atoms with Crippen LogP contribution >= 0.6 is 11.3 Å². The minimum absolute atomic E-state index is 0.384. The molecule has 0 aliphatic heterocycles. The van der Waals surface area contributed by atoms with Crippen molar-refractivity contribution >= 4 is 11.3 Å². The quantitative estimate of drug-likeness (QED) is 0.721.